The summed E-state index contributed by atoms with van der Waals surface area (Å²) in [6, 6.07) is 9.88. The van der Waals surface area contributed by atoms with Crippen molar-refractivity contribution in [1.29, 1.82) is 0 Å². The molecule has 0 aromatic heterocycles. The van der Waals surface area contributed by atoms with Crippen LogP contribution in [0.25, 0.3) is 0 Å². The molecule has 0 aliphatic carbocycles. The summed E-state index contributed by atoms with van der Waals surface area (Å²) in [6.07, 6.45) is 0. The van der Waals surface area contributed by atoms with E-state index in [1.807, 2.05) is 32.0 Å². The molecule has 3 nitrogen and oxygen atoms in total. The van der Waals surface area contributed by atoms with Gasteiger partial charge in [0.2, 0.25) is 0 Å². The zero-order valence-electron chi connectivity index (χ0n) is 11.6. The van der Waals surface area contributed by atoms with E-state index in [1.165, 1.54) is 12.1 Å². The minimum atomic E-state index is -1.13. The van der Waals surface area contributed by atoms with Crippen LogP contribution >= 0.6 is 0 Å². The number of hydrogen-bond donors (Lipinski definition) is 1. The van der Waals surface area contributed by atoms with Crippen molar-refractivity contribution in [3.05, 3.63) is 58.9 Å². The summed E-state index contributed by atoms with van der Waals surface area (Å²) in [5, 5.41) is 8.85. The number of aryl methyl sites for hydroxylation is 2. The topological polar surface area (TPSA) is 40.5 Å². The monoisotopic (exact) mass is 273 g/mol. The van der Waals surface area contributed by atoms with Gasteiger partial charge in [0, 0.05) is 12.7 Å². The van der Waals surface area contributed by atoms with Crippen molar-refractivity contribution < 1.29 is 14.3 Å². The maximum absolute atomic E-state index is 14.0. The van der Waals surface area contributed by atoms with Crippen LogP contribution in [0.4, 0.5) is 15.8 Å². The van der Waals surface area contributed by atoms with Gasteiger partial charge in [-0.25, -0.2) is 9.18 Å². The summed E-state index contributed by atoms with van der Waals surface area (Å²) in [7, 11) is 1.76. The van der Waals surface area contributed by atoms with E-state index < -0.39 is 11.8 Å². The van der Waals surface area contributed by atoms with E-state index in [4.69, 9.17) is 5.11 Å². The Bertz CT molecular complexity index is 647. The van der Waals surface area contributed by atoms with Crippen molar-refractivity contribution in [2.45, 2.75) is 13.8 Å². The first-order valence-corrected chi connectivity index (χ1v) is 6.23. The lowest BCUT2D eigenvalue weighted by Crippen LogP contribution is -2.12. The third-order valence-electron chi connectivity index (χ3n) is 3.15. The standard InChI is InChI=1S/C16H16FNO2/c1-10-6-11(2)8-13(7-10)18(3)15-5-4-12(16(19)20)9-14(15)17/h4-9H,1-3H3,(H,19,20). The Balaban J connectivity index is 2.42. The fourth-order valence-electron chi connectivity index (χ4n) is 2.20. The molecule has 2 aromatic rings. The van der Waals surface area contributed by atoms with E-state index in [-0.39, 0.29) is 5.56 Å². The second-order valence-electron chi connectivity index (χ2n) is 4.88. The summed E-state index contributed by atoms with van der Waals surface area (Å²) in [4.78, 5) is 12.5. The van der Waals surface area contributed by atoms with Gasteiger partial charge in [-0.05, 0) is 55.3 Å². The van der Waals surface area contributed by atoms with Crippen molar-refractivity contribution in [2.75, 3.05) is 11.9 Å². The van der Waals surface area contributed by atoms with Crippen LogP contribution in [0, 0.1) is 19.7 Å². The molecule has 0 heterocycles. The SMILES string of the molecule is Cc1cc(C)cc(N(C)c2ccc(C(=O)O)cc2F)c1. The largest absolute Gasteiger partial charge is 0.478 e. The number of carboxylic acids is 1. The van der Waals surface area contributed by atoms with Gasteiger partial charge in [-0.15, -0.1) is 0 Å². The Labute approximate surface area is 117 Å². The third kappa shape index (κ3) is 2.79. The fourth-order valence-corrected chi connectivity index (χ4v) is 2.20. The Morgan fingerprint density at radius 1 is 1.10 bits per heavy atom. The van der Waals surface area contributed by atoms with Crippen LogP contribution in [0.2, 0.25) is 0 Å². The summed E-state index contributed by atoms with van der Waals surface area (Å²) in [5.41, 5.74) is 3.34. The first kappa shape index (κ1) is 14.1. The zero-order chi connectivity index (χ0) is 14.9. The molecule has 1 N–H and O–H groups in total. The molecular formula is C16H16FNO2. The summed E-state index contributed by atoms with van der Waals surface area (Å²) in [6.45, 7) is 3.96. The highest BCUT2D eigenvalue weighted by atomic mass is 19.1. The number of aromatic carboxylic acids is 1. The Hall–Kier alpha value is -2.36. The van der Waals surface area contributed by atoms with Crippen LogP contribution in [-0.2, 0) is 0 Å². The van der Waals surface area contributed by atoms with E-state index >= 15 is 0 Å². The van der Waals surface area contributed by atoms with Gasteiger partial charge in [0.25, 0.3) is 0 Å². The maximum Gasteiger partial charge on any atom is 0.335 e. The molecule has 104 valence electrons. The molecule has 0 unspecified atom stereocenters. The first-order valence-electron chi connectivity index (χ1n) is 6.23. The quantitative estimate of drug-likeness (QED) is 0.921. The zero-order valence-corrected chi connectivity index (χ0v) is 11.6. The Morgan fingerprint density at radius 2 is 1.70 bits per heavy atom. The lowest BCUT2D eigenvalue weighted by Gasteiger charge is -2.21. The molecule has 20 heavy (non-hydrogen) atoms. The van der Waals surface area contributed by atoms with Crippen molar-refractivity contribution in [2.24, 2.45) is 0 Å². The van der Waals surface area contributed by atoms with Gasteiger partial charge in [0.1, 0.15) is 5.82 Å². The van der Waals surface area contributed by atoms with Crippen LogP contribution in [0.15, 0.2) is 36.4 Å². The second-order valence-corrected chi connectivity index (χ2v) is 4.88. The maximum atomic E-state index is 14.0. The minimum absolute atomic E-state index is 0.0555. The summed E-state index contributed by atoms with van der Waals surface area (Å²) in [5.74, 6) is -1.68. The van der Waals surface area contributed by atoms with E-state index in [0.717, 1.165) is 22.9 Å². The van der Waals surface area contributed by atoms with Gasteiger partial charge in [-0.1, -0.05) is 6.07 Å². The van der Waals surface area contributed by atoms with Gasteiger partial charge in [0.05, 0.1) is 11.3 Å². The van der Waals surface area contributed by atoms with E-state index in [1.54, 1.807) is 11.9 Å². The van der Waals surface area contributed by atoms with Gasteiger partial charge < -0.3 is 10.0 Å². The highest BCUT2D eigenvalue weighted by Gasteiger charge is 2.13. The van der Waals surface area contributed by atoms with E-state index in [9.17, 15) is 9.18 Å². The second kappa shape index (κ2) is 5.33. The highest BCUT2D eigenvalue weighted by Crippen LogP contribution is 2.28. The number of anilines is 2. The molecule has 0 saturated carbocycles. The molecule has 0 aliphatic heterocycles. The van der Waals surface area contributed by atoms with Crippen LogP contribution in [0.3, 0.4) is 0 Å². The number of benzene rings is 2. The smallest absolute Gasteiger partial charge is 0.335 e. The highest BCUT2D eigenvalue weighted by molar-refractivity contribution is 5.88. The molecule has 0 atom stereocenters. The average molecular weight is 273 g/mol. The van der Waals surface area contributed by atoms with Crippen LogP contribution < -0.4 is 4.90 Å². The molecule has 0 amide bonds. The van der Waals surface area contributed by atoms with Crippen molar-refractivity contribution in [1.82, 2.24) is 0 Å². The predicted octanol–water partition coefficient (Wildman–Crippen LogP) is 3.91. The molecular weight excluding hydrogens is 257 g/mol. The van der Waals surface area contributed by atoms with Gasteiger partial charge in [0.15, 0.2) is 0 Å². The normalized spacial score (nSPS) is 10.4. The minimum Gasteiger partial charge on any atom is -0.478 e. The van der Waals surface area contributed by atoms with Crippen LogP contribution in [-0.4, -0.2) is 18.1 Å². The molecule has 0 radical (unpaired) electrons. The third-order valence-corrected chi connectivity index (χ3v) is 3.15. The molecule has 0 aliphatic rings. The number of hydrogen-bond acceptors (Lipinski definition) is 2. The number of carboxylic acid groups (broad SMARTS) is 1. The molecule has 0 fully saturated rings. The average Bonchev–Trinajstić information content (AvgIpc) is 2.36. The van der Waals surface area contributed by atoms with Crippen LogP contribution in [0.1, 0.15) is 21.5 Å². The van der Waals surface area contributed by atoms with E-state index in [0.29, 0.717) is 5.69 Å². The molecule has 0 bridgehead atoms. The Kier molecular flexibility index (Phi) is 3.74. The number of carbonyl (C=O) groups is 1. The lowest BCUT2D eigenvalue weighted by molar-refractivity contribution is 0.0696. The molecule has 0 saturated heterocycles. The van der Waals surface area contributed by atoms with Crippen molar-refractivity contribution >= 4 is 17.3 Å². The van der Waals surface area contributed by atoms with Crippen LogP contribution in [0.5, 0.6) is 0 Å². The summed E-state index contributed by atoms with van der Waals surface area (Å²) < 4.78 is 14.0. The summed E-state index contributed by atoms with van der Waals surface area (Å²) >= 11 is 0. The predicted molar refractivity (Wildman–Crippen MR) is 77.3 cm³/mol. The first-order chi connectivity index (χ1) is 9.38. The number of halogens is 1. The Morgan fingerprint density at radius 3 is 2.20 bits per heavy atom. The molecule has 2 rings (SSSR count). The molecule has 0 spiro atoms. The van der Waals surface area contributed by atoms with Gasteiger partial charge in [-0.2, -0.15) is 0 Å². The molecule has 4 heteroatoms. The van der Waals surface area contributed by atoms with Gasteiger partial charge in [-0.3, -0.25) is 0 Å². The van der Waals surface area contributed by atoms with Gasteiger partial charge >= 0.3 is 5.97 Å². The number of rotatable bonds is 3. The number of nitrogens with zero attached hydrogens (tertiary/aromatic N) is 1. The van der Waals surface area contributed by atoms with Crippen molar-refractivity contribution in [3.63, 3.8) is 0 Å². The van der Waals surface area contributed by atoms with E-state index in [2.05, 4.69) is 0 Å². The lowest BCUT2D eigenvalue weighted by atomic mass is 10.1. The molecule has 2 aromatic carbocycles. The fraction of sp³-hybridized carbons (Fsp3) is 0.188. The van der Waals surface area contributed by atoms with Crippen molar-refractivity contribution in [3.8, 4) is 0 Å².